The highest BCUT2D eigenvalue weighted by atomic mass is 16.4. The lowest BCUT2D eigenvalue weighted by atomic mass is 9.95. The quantitative estimate of drug-likeness (QED) is 0.407. The Kier molecular flexibility index (Phi) is 10.8. The molecule has 0 fully saturated rings. The van der Waals surface area contributed by atoms with Crippen LogP contribution in [0.25, 0.3) is 0 Å². The standard InChI is InChI=1S/C16H30O2/c1-4-5-6-7-8-9-10-11-12-14(2)15(3)13-16(17)18/h13-14H,4-12H2,1-3H3,(H,17,18)/b15-13+. The fourth-order valence-corrected chi connectivity index (χ4v) is 2.15. The maximum absolute atomic E-state index is 10.5. The van der Waals surface area contributed by atoms with Gasteiger partial charge in [0.1, 0.15) is 0 Å². The molecular formula is C16H30O2. The molecule has 0 aliphatic heterocycles. The van der Waals surface area contributed by atoms with Gasteiger partial charge in [0, 0.05) is 6.08 Å². The minimum absolute atomic E-state index is 0.404. The molecule has 1 N–H and O–H groups in total. The summed E-state index contributed by atoms with van der Waals surface area (Å²) in [6.45, 7) is 6.29. The van der Waals surface area contributed by atoms with Crippen molar-refractivity contribution >= 4 is 5.97 Å². The topological polar surface area (TPSA) is 37.3 Å². The zero-order valence-corrected chi connectivity index (χ0v) is 12.4. The van der Waals surface area contributed by atoms with Gasteiger partial charge in [-0.15, -0.1) is 0 Å². The second kappa shape index (κ2) is 11.3. The van der Waals surface area contributed by atoms with Gasteiger partial charge in [-0.2, -0.15) is 0 Å². The van der Waals surface area contributed by atoms with Crippen molar-refractivity contribution in [3.05, 3.63) is 11.6 Å². The Morgan fingerprint density at radius 3 is 2.06 bits per heavy atom. The fourth-order valence-electron chi connectivity index (χ4n) is 2.15. The SMILES string of the molecule is CCCCCCCCCCC(C)/C(C)=C/C(=O)O. The van der Waals surface area contributed by atoms with Gasteiger partial charge in [0.15, 0.2) is 0 Å². The van der Waals surface area contributed by atoms with Crippen LogP contribution in [0.15, 0.2) is 11.6 Å². The van der Waals surface area contributed by atoms with Crippen molar-refractivity contribution in [3.63, 3.8) is 0 Å². The first kappa shape index (κ1) is 17.2. The summed E-state index contributed by atoms with van der Waals surface area (Å²) in [6, 6.07) is 0. The van der Waals surface area contributed by atoms with E-state index in [-0.39, 0.29) is 0 Å². The van der Waals surface area contributed by atoms with E-state index in [1.807, 2.05) is 6.92 Å². The molecule has 0 aromatic rings. The van der Waals surface area contributed by atoms with E-state index in [1.165, 1.54) is 57.4 Å². The van der Waals surface area contributed by atoms with Gasteiger partial charge in [-0.1, -0.05) is 70.8 Å². The summed E-state index contributed by atoms with van der Waals surface area (Å²) in [5, 5.41) is 8.67. The molecule has 0 amide bonds. The van der Waals surface area contributed by atoms with Crippen molar-refractivity contribution in [2.24, 2.45) is 5.92 Å². The van der Waals surface area contributed by atoms with Gasteiger partial charge in [0.05, 0.1) is 0 Å². The van der Waals surface area contributed by atoms with Gasteiger partial charge in [-0.05, 0) is 19.3 Å². The van der Waals surface area contributed by atoms with Gasteiger partial charge >= 0.3 is 5.97 Å². The van der Waals surface area contributed by atoms with E-state index in [2.05, 4.69) is 13.8 Å². The highest BCUT2D eigenvalue weighted by Gasteiger charge is 2.05. The minimum atomic E-state index is -0.824. The lowest BCUT2D eigenvalue weighted by Gasteiger charge is -2.11. The molecule has 0 heterocycles. The summed E-state index contributed by atoms with van der Waals surface area (Å²) in [6.07, 6.45) is 13.1. The first-order valence-corrected chi connectivity index (χ1v) is 7.49. The Labute approximate surface area is 112 Å². The maximum Gasteiger partial charge on any atom is 0.328 e. The molecule has 1 unspecified atom stereocenters. The average Bonchev–Trinajstić information content (AvgIpc) is 2.31. The average molecular weight is 254 g/mol. The van der Waals surface area contributed by atoms with Gasteiger partial charge in [0.25, 0.3) is 0 Å². The van der Waals surface area contributed by atoms with E-state index >= 15 is 0 Å². The first-order chi connectivity index (χ1) is 8.57. The molecule has 0 saturated carbocycles. The molecule has 1 atom stereocenters. The lowest BCUT2D eigenvalue weighted by molar-refractivity contribution is -0.131. The van der Waals surface area contributed by atoms with Crippen molar-refractivity contribution in [3.8, 4) is 0 Å². The van der Waals surface area contributed by atoms with Crippen LogP contribution in [0.2, 0.25) is 0 Å². The maximum atomic E-state index is 10.5. The molecule has 2 nitrogen and oxygen atoms in total. The van der Waals surface area contributed by atoms with Crippen molar-refractivity contribution in [2.75, 3.05) is 0 Å². The largest absolute Gasteiger partial charge is 0.478 e. The second-order valence-electron chi connectivity index (χ2n) is 5.39. The van der Waals surface area contributed by atoms with E-state index in [0.717, 1.165) is 12.0 Å². The second-order valence-corrected chi connectivity index (χ2v) is 5.39. The third-order valence-electron chi connectivity index (χ3n) is 3.62. The summed E-state index contributed by atoms with van der Waals surface area (Å²) >= 11 is 0. The van der Waals surface area contributed by atoms with Gasteiger partial charge < -0.3 is 5.11 Å². The third kappa shape index (κ3) is 10.4. The number of carbonyl (C=O) groups is 1. The van der Waals surface area contributed by atoms with Gasteiger partial charge in [-0.3, -0.25) is 0 Å². The Morgan fingerprint density at radius 1 is 1.06 bits per heavy atom. The molecule has 0 aromatic heterocycles. The zero-order chi connectivity index (χ0) is 13.8. The van der Waals surface area contributed by atoms with Crippen LogP contribution in [-0.2, 0) is 4.79 Å². The molecule has 0 spiro atoms. The van der Waals surface area contributed by atoms with Crippen LogP contribution < -0.4 is 0 Å². The van der Waals surface area contributed by atoms with E-state index < -0.39 is 5.97 Å². The van der Waals surface area contributed by atoms with E-state index in [0.29, 0.717) is 5.92 Å². The first-order valence-electron chi connectivity index (χ1n) is 7.49. The predicted octanol–water partition coefficient (Wildman–Crippen LogP) is 5.18. The lowest BCUT2D eigenvalue weighted by Crippen LogP contribution is -2.00. The van der Waals surface area contributed by atoms with Crippen LogP contribution in [0.5, 0.6) is 0 Å². The molecular weight excluding hydrogens is 224 g/mol. The molecule has 106 valence electrons. The van der Waals surface area contributed by atoms with E-state index in [1.54, 1.807) is 0 Å². The summed E-state index contributed by atoms with van der Waals surface area (Å²) in [4.78, 5) is 10.5. The smallest absolute Gasteiger partial charge is 0.328 e. The van der Waals surface area contributed by atoms with Gasteiger partial charge in [0.2, 0.25) is 0 Å². The predicted molar refractivity (Wildman–Crippen MR) is 77.8 cm³/mol. The molecule has 0 rings (SSSR count). The Hall–Kier alpha value is -0.790. The number of hydrogen-bond donors (Lipinski definition) is 1. The van der Waals surface area contributed by atoms with E-state index in [9.17, 15) is 4.79 Å². The molecule has 18 heavy (non-hydrogen) atoms. The molecule has 2 heteroatoms. The Bertz CT molecular complexity index is 243. The normalized spacial score (nSPS) is 13.6. The number of rotatable bonds is 11. The number of unbranched alkanes of at least 4 members (excludes halogenated alkanes) is 7. The van der Waals surface area contributed by atoms with Crippen LogP contribution in [0, 0.1) is 5.92 Å². The molecule has 0 bridgehead atoms. The van der Waals surface area contributed by atoms with Crippen molar-refractivity contribution in [1.82, 2.24) is 0 Å². The monoisotopic (exact) mass is 254 g/mol. The van der Waals surface area contributed by atoms with E-state index in [4.69, 9.17) is 5.11 Å². The third-order valence-corrected chi connectivity index (χ3v) is 3.62. The summed E-state index contributed by atoms with van der Waals surface area (Å²) in [5.41, 5.74) is 0.991. The van der Waals surface area contributed by atoms with Crippen molar-refractivity contribution in [2.45, 2.75) is 78.6 Å². The summed E-state index contributed by atoms with van der Waals surface area (Å²) in [7, 11) is 0. The number of carboxylic acids is 1. The fraction of sp³-hybridized carbons (Fsp3) is 0.812. The number of hydrogen-bond acceptors (Lipinski definition) is 1. The number of carboxylic acid groups (broad SMARTS) is 1. The van der Waals surface area contributed by atoms with Crippen LogP contribution in [0.4, 0.5) is 0 Å². The van der Waals surface area contributed by atoms with Crippen LogP contribution >= 0.6 is 0 Å². The number of aliphatic carboxylic acids is 1. The molecule has 0 aromatic carbocycles. The molecule has 0 saturated heterocycles. The Morgan fingerprint density at radius 2 is 1.56 bits per heavy atom. The molecule has 0 aliphatic carbocycles. The number of allylic oxidation sites excluding steroid dienone is 1. The van der Waals surface area contributed by atoms with Crippen LogP contribution in [0.1, 0.15) is 78.6 Å². The van der Waals surface area contributed by atoms with Gasteiger partial charge in [-0.25, -0.2) is 4.79 Å². The van der Waals surface area contributed by atoms with Crippen molar-refractivity contribution in [1.29, 1.82) is 0 Å². The van der Waals surface area contributed by atoms with Crippen molar-refractivity contribution < 1.29 is 9.90 Å². The summed E-state index contributed by atoms with van der Waals surface area (Å²) < 4.78 is 0. The highest BCUT2D eigenvalue weighted by Crippen LogP contribution is 2.18. The molecule has 0 radical (unpaired) electrons. The van der Waals surface area contributed by atoms with Crippen LogP contribution in [0.3, 0.4) is 0 Å². The highest BCUT2D eigenvalue weighted by molar-refractivity contribution is 5.80. The Balaban J connectivity index is 3.46. The van der Waals surface area contributed by atoms with Crippen LogP contribution in [-0.4, -0.2) is 11.1 Å². The summed E-state index contributed by atoms with van der Waals surface area (Å²) in [5.74, 6) is -0.420. The zero-order valence-electron chi connectivity index (χ0n) is 12.4. The minimum Gasteiger partial charge on any atom is -0.478 e. The molecule has 0 aliphatic rings.